The topological polar surface area (TPSA) is 116 Å². The number of hydrogen-bond donors (Lipinski definition) is 1. The van der Waals surface area contributed by atoms with Crippen molar-refractivity contribution in [3.63, 3.8) is 0 Å². The molecule has 0 fully saturated rings. The van der Waals surface area contributed by atoms with Gasteiger partial charge in [-0.2, -0.15) is 9.97 Å². The van der Waals surface area contributed by atoms with Gasteiger partial charge >= 0.3 is 6.01 Å². The fourth-order valence-corrected chi connectivity index (χ4v) is 3.70. The van der Waals surface area contributed by atoms with Gasteiger partial charge in [0, 0.05) is 23.9 Å². The highest BCUT2D eigenvalue weighted by atomic mass is 32.1. The van der Waals surface area contributed by atoms with Gasteiger partial charge in [0.1, 0.15) is 12.1 Å². The van der Waals surface area contributed by atoms with Crippen LogP contribution in [0.5, 0.6) is 11.9 Å². The van der Waals surface area contributed by atoms with Gasteiger partial charge in [-0.15, -0.1) is 0 Å². The molecule has 4 rings (SSSR count). The summed E-state index contributed by atoms with van der Waals surface area (Å²) in [4.78, 5) is 32.1. The quantitative estimate of drug-likeness (QED) is 0.698. The van der Waals surface area contributed by atoms with E-state index in [1.165, 1.54) is 31.1 Å². The number of aromatic nitrogens is 4. The van der Waals surface area contributed by atoms with Gasteiger partial charge in [0.25, 0.3) is 5.91 Å². The van der Waals surface area contributed by atoms with E-state index in [4.69, 9.17) is 13.9 Å². The van der Waals surface area contributed by atoms with Gasteiger partial charge in [-0.05, 0) is 0 Å². The van der Waals surface area contributed by atoms with Crippen molar-refractivity contribution in [2.75, 3.05) is 31.0 Å². The van der Waals surface area contributed by atoms with E-state index in [2.05, 4.69) is 30.2 Å². The van der Waals surface area contributed by atoms with Crippen molar-refractivity contribution in [1.82, 2.24) is 19.9 Å². The Bertz CT molecular complexity index is 936. The van der Waals surface area contributed by atoms with Crippen molar-refractivity contribution >= 4 is 28.2 Å². The van der Waals surface area contributed by atoms with Gasteiger partial charge in [-0.1, -0.05) is 11.3 Å². The Labute approximate surface area is 158 Å². The van der Waals surface area contributed by atoms with Crippen LogP contribution < -0.4 is 19.7 Å². The zero-order chi connectivity index (χ0) is 18.8. The van der Waals surface area contributed by atoms with Crippen LogP contribution in [0.15, 0.2) is 23.1 Å². The summed E-state index contributed by atoms with van der Waals surface area (Å²) in [5.74, 6) is 0.801. The lowest BCUT2D eigenvalue weighted by Gasteiger charge is -2.27. The number of ether oxygens (including phenoxy) is 2. The Balaban J connectivity index is 1.52. The van der Waals surface area contributed by atoms with Gasteiger partial charge in [0.15, 0.2) is 17.2 Å². The van der Waals surface area contributed by atoms with Crippen LogP contribution in [0.4, 0.5) is 10.9 Å². The molecular weight excluding hydrogens is 372 g/mol. The molecule has 4 heterocycles. The van der Waals surface area contributed by atoms with Gasteiger partial charge in [0.2, 0.25) is 5.88 Å². The molecule has 0 saturated carbocycles. The number of anilines is 2. The number of oxazole rings is 1. The second-order valence-electron chi connectivity index (χ2n) is 5.64. The minimum absolute atomic E-state index is 0.213. The number of fused-ring (bicyclic) bond motifs is 1. The van der Waals surface area contributed by atoms with Crippen molar-refractivity contribution in [2.24, 2.45) is 0 Å². The number of carbonyl (C=O) groups excluding carboxylic acids is 1. The Hall–Kier alpha value is -3.21. The van der Waals surface area contributed by atoms with E-state index >= 15 is 0 Å². The third-order valence-corrected chi connectivity index (χ3v) is 5.00. The SMILES string of the molecule is COc1cc(N2CCc3nc(NC(=O)c4cocn4)sc3C2)nc(OC)n1. The van der Waals surface area contributed by atoms with E-state index < -0.39 is 0 Å². The first-order valence-corrected chi connectivity index (χ1v) is 8.88. The van der Waals surface area contributed by atoms with Crippen LogP contribution >= 0.6 is 11.3 Å². The maximum absolute atomic E-state index is 12.1. The standard InChI is InChI=1S/C16H16N6O4S/c1-24-13-5-12(19-15(20-13)25-2)22-4-3-9-11(6-22)27-16(18-9)21-14(23)10-7-26-8-17-10/h5,7-8H,3-4,6H2,1-2H3,(H,18,21,23). The molecule has 27 heavy (non-hydrogen) atoms. The average molecular weight is 388 g/mol. The highest BCUT2D eigenvalue weighted by Gasteiger charge is 2.24. The molecule has 3 aromatic rings. The van der Waals surface area contributed by atoms with Crippen molar-refractivity contribution < 1.29 is 18.7 Å². The highest BCUT2D eigenvalue weighted by molar-refractivity contribution is 7.15. The summed E-state index contributed by atoms with van der Waals surface area (Å²) >= 11 is 1.43. The van der Waals surface area contributed by atoms with E-state index in [1.807, 2.05) is 0 Å². The Morgan fingerprint density at radius 3 is 2.93 bits per heavy atom. The van der Waals surface area contributed by atoms with Crippen LogP contribution in [0, 0.1) is 0 Å². The molecule has 3 aromatic heterocycles. The van der Waals surface area contributed by atoms with E-state index in [0.717, 1.165) is 23.5 Å². The first-order chi connectivity index (χ1) is 13.2. The zero-order valence-electron chi connectivity index (χ0n) is 14.6. The summed E-state index contributed by atoms with van der Waals surface area (Å²) in [7, 11) is 3.06. The molecular formula is C16H16N6O4S. The predicted octanol–water partition coefficient (Wildman–Crippen LogP) is 1.75. The van der Waals surface area contributed by atoms with E-state index in [-0.39, 0.29) is 17.6 Å². The maximum Gasteiger partial charge on any atom is 0.321 e. The number of nitrogens with one attached hydrogen (secondary N) is 1. The first kappa shape index (κ1) is 17.2. The molecule has 11 heteroatoms. The number of rotatable bonds is 5. The summed E-state index contributed by atoms with van der Waals surface area (Å²) in [6.45, 7) is 1.35. The lowest BCUT2D eigenvalue weighted by atomic mass is 10.2. The lowest BCUT2D eigenvalue weighted by molar-refractivity contribution is 0.102. The molecule has 1 aliphatic heterocycles. The van der Waals surface area contributed by atoms with E-state index in [9.17, 15) is 4.79 Å². The summed E-state index contributed by atoms with van der Waals surface area (Å²) in [5.41, 5.74) is 1.18. The monoisotopic (exact) mass is 388 g/mol. The molecule has 0 spiro atoms. The highest BCUT2D eigenvalue weighted by Crippen LogP contribution is 2.31. The summed E-state index contributed by atoms with van der Waals surface area (Å²) in [6, 6.07) is 2.02. The minimum atomic E-state index is -0.350. The summed E-state index contributed by atoms with van der Waals surface area (Å²) in [6.07, 6.45) is 3.24. The van der Waals surface area contributed by atoms with Gasteiger partial charge in [-0.3, -0.25) is 10.1 Å². The van der Waals surface area contributed by atoms with Crippen LogP contribution in [0.3, 0.4) is 0 Å². The van der Waals surface area contributed by atoms with Gasteiger partial charge in [0.05, 0.1) is 26.5 Å². The fourth-order valence-electron chi connectivity index (χ4n) is 2.68. The number of carbonyl (C=O) groups is 1. The van der Waals surface area contributed by atoms with Crippen LogP contribution in [0.25, 0.3) is 0 Å². The van der Waals surface area contributed by atoms with Gasteiger partial charge < -0.3 is 18.8 Å². The minimum Gasteiger partial charge on any atom is -0.481 e. The molecule has 0 atom stereocenters. The number of thiazole rings is 1. The second kappa shape index (κ2) is 7.19. The van der Waals surface area contributed by atoms with Crippen molar-refractivity contribution in [3.8, 4) is 11.9 Å². The molecule has 0 saturated heterocycles. The molecule has 140 valence electrons. The van der Waals surface area contributed by atoms with E-state index in [0.29, 0.717) is 23.4 Å². The van der Waals surface area contributed by atoms with Crippen LogP contribution in [-0.4, -0.2) is 46.6 Å². The molecule has 0 unspecified atom stereocenters. The molecule has 1 aliphatic rings. The third kappa shape index (κ3) is 3.53. The molecule has 1 amide bonds. The van der Waals surface area contributed by atoms with Crippen LogP contribution in [0.1, 0.15) is 21.1 Å². The first-order valence-electron chi connectivity index (χ1n) is 8.06. The molecule has 0 aliphatic carbocycles. The normalized spacial score (nSPS) is 13.2. The number of amides is 1. The number of hydrogen-bond acceptors (Lipinski definition) is 10. The second-order valence-corrected chi connectivity index (χ2v) is 6.73. The van der Waals surface area contributed by atoms with Crippen LogP contribution in [0.2, 0.25) is 0 Å². The van der Waals surface area contributed by atoms with Crippen molar-refractivity contribution in [3.05, 3.63) is 35.0 Å². The Kier molecular flexibility index (Phi) is 4.59. The lowest BCUT2D eigenvalue weighted by Crippen LogP contribution is -2.30. The molecule has 0 aromatic carbocycles. The van der Waals surface area contributed by atoms with Crippen molar-refractivity contribution in [1.29, 1.82) is 0 Å². The Morgan fingerprint density at radius 1 is 1.30 bits per heavy atom. The number of methoxy groups -OCH3 is 2. The summed E-state index contributed by atoms with van der Waals surface area (Å²) in [5, 5.41) is 3.29. The molecule has 0 radical (unpaired) electrons. The average Bonchev–Trinajstić information content (AvgIpc) is 3.36. The number of nitrogens with zero attached hydrogens (tertiary/aromatic N) is 5. The van der Waals surface area contributed by atoms with Gasteiger partial charge in [-0.25, -0.2) is 9.97 Å². The fraction of sp³-hybridized carbons (Fsp3) is 0.312. The van der Waals surface area contributed by atoms with E-state index in [1.54, 1.807) is 13.2 Å². The third-order valence-electron chi connectivity index (χ3n) is 4.00. The molecule has 10 nitrogen and oxygen atoms in total. The van der Waals surface area contributed by atoms with Crippen LogP contribution in [-0.2, 0) is 13.0 Å². The smallest absolute Gasteiger partial charge is 0.321 e. The maximum atomic E-state index is 12.1. The Morgan fingerprint density at radius 2 is 2.19 bits per heavy atom. The zero-order valence-corrected chi connectivity index (χ0v) is 15.4. The summed E-state index contributed by atoms with van der Waals surface area (Å²) < 4.78 is 15.2. The predicted molar refractivity (Wildman–Crippen MR) is 96.5 cm³/mol. The molecule has 0 bridgehead atoms. The van der Waals surface area contributed by atoms with Crippen molar-refractivity contribution in [2.45, 2.75) is 13.0 Å². The molecule has 1 N–H and O–H groups in total. The largest absolute Gasteiger partial charge is 0.481 e.